The molecule has 1 aromatic rings. The summed E-state index contributed by atoms with van der Waals surface area (Å²) in [7, 11) is 0. The number of rotatable bonds is 3. The van der Waals surface area contributed by atoms with Gasteiger partial charge in [-0.3, -0.25) is 4.79 Å². The van der Waals surface area contributed by atoms with E-state index in [4.69, 9.17) is 16.3 Å². The number of likely N-dealkylation sites (tertiary alicyclic amines) is 1. The molecule has 0 saturated carbocycles. The summed E-state index contributed by atoms with van der Waals surface area (Å²) in [6.07, 6.45) is 3.44. The number of hydrogen-bond donors (Lipinski definition) is 1. The highest BCUT2D eigenvalue weighted by Gasteiger charge is 2.38. The number of ether oxygens (including phenoxy) is 1. The summed E-state index contributed by atoms with van der Waals surface area (Å²) >= 11 is 6.07. The van der Waals surface area contributed by atoms with Gasteiger partial charge in [-0.2, -0.15) is 0 Å². The lowest BCUT2D eigenvalue weighted by Crippen LogP contribution is -2.45. The van der Waals surface area contributed by atoms with Crippen LogP contribution in [0, 0.1) is 12.3 Å². The molecule has 0 radical (unpaired) electrons. The maximum absolute atomic E-state index is 12.3. The summed E-state index contributed by atoms with van der Waals surface area (Å²) in [5, 5.41) is 4.11. The van der Waals surface area contributed by atoms with Crippen molar-refractivity contribution >= 4 is 29.9 Å². The van der Waals surface area contributed by atoms with Gasteiger partial charge < -0.3 is 15.0 Å². The van der Waals surface area contributed by atoms with E-state index in [1.807, 2.05) is 30.0 Å². The molecule has 128 valence electrons. The highest BCUT2D eigenvalue weighted by atomic mass is 35.5. The molecule has 0 atom stereocenters. The standard InChI is InChI=1S/C17H23ClN2O2.ClH/c1-13-14(18)3-2-4-15(13)22-11-16(21)20-9-6-17(7-10-20)5-8-19-12-17;/h2-4,19H,5-12H2,1H3;1H. The first-order chi connectivity index (χ1) is 10.6. The zero-order chi connectivity index (χ0) is 15.6. The van der Waals surface area contributed by atoms with Gasteiger partial charge in [-0.15, -0.1) is 12.4 Å². The topological polar surface area (TPSA) is 41.6 Å². The molecular formula is C17H24Cl2N2O2. The quantitative estimate of drug-likeness (QED) is 0.902. The van der Waals surface area contributed by atoms with E-state index < -0.39 is 0 Å². The number of nitrogens with zero attached hydrogens (tertiary/aromatic N) is 1. The van der Waals surface area contributed by atoms with Crippen LogP contribution in [0.5, 0.6) is 5.75 Å². The third kappa shape index (κ3) is 4.11. The summed E-state index contributed by atoms with van der Waals surface area (Å²) in [4.78, 5) is 14.3. The molecule has 0 unspecified atom stereocenters. The molecule has 0 aromatic heterocycles. The number of nitrogens with one attached hydrogen (secondary N) is 1. The van der Waals surface area contributed by atoms with Gasteiger partial charge in [0.15, 0.2) is 6.61 Å². The predicted molar refractivity (Wildman–Crippen MR) is 94.7 cm³/mol. The molecule has 2 fully saturated rings. The average molecular weight is 359 g/mol. The average Bonchev–Trinajstić information content (AvgIpc) is 2.97. The Morgan fingerprint density at radius 1 is 1.35 bits per heavy atom. The van der Waals surface area contributed by atoms with Gasteiger partial charge in [0.1, 0.15) is 5.75 Å². The van der Waals surface area contributed by atoms with Crippen LogP contribution < -0.4 is 10.1 Å². The molecular weight excluding hydrogens is 335 g/mol. The number of carbonyl (C=O) groups is 1. The number of benzene rings is 1. The van der Waals surface area contributed by atoms with Gasteiger partial charge in [-0.25, -0.2) is 0 Å². The van der Waals surface area contributed by atoms with Gasteiger partial charge >= 0.3 is 0 Å². The molecule has 6 heteroatoms. The molecule has 2 saturated heterocycles. The first kappa shape index (κ1) is 18.4. The Morgan fingerprint density at radius 3 is 2.74 bits per heavy atom. The summed E-state index contributed by atoms with van der Waals surface area (Å²) < 4.78 is 5.66. The van der Waals surface area contributed by atoms with Crippen molar-refractivity contribution in [3.63, 3.8) is 0 Å². The zero-order valence-corrected chi connectivity index (χ0v) is 15.0. The van der Waals surface area contributed by atoms with Crippen molar-refractivity contribution in [1.82, 2.24) is 10.2 Å². The van der Waals surface area contributed by atoms with Crippen LogP contribution in [-0.2, 0) is 4.79 Å². The van der Waals surface area contributed by atoms with Crippen LogP contribution in [0.4, 0.5) is 0 Å². The lowest BCUT2D eigenvalue weighted by atomic mass is 9.78. The van der Waals surface area contributed by atoms with Crippen molar-refractivity contribution in [2.24, 2.45) is 5.41 Å². The molecule has 2 aliphatic rings. The lowest BCUT2D eigenvalue weighted by molar-refractivity contribution is -0.135. The van der Waals surface area contributed by atoms with Gasteiger partial charge in [0, 0.05) is 30.2 Å². The fourth-order valence-corrected chi connectivity index (χ4v) is 3.59. The summed E-state index contributed by atoms with van der Waals surface area (Å²) in [5.41, 5.74) is 1.31. The van der Waals surface area contributed by atoms with E-state index in [0.717, 1.165) is 44.6 Å². The van der Waals surface area contributed by atoms with Gasteiger partial charge in [-0.05, 0) is 50.3 Å². The normalized spacial score (nSPS) is 19.5. The number of amides is 1. The maximum Gasteiger partial charge on any atom is 0.260 e. The second-order valence-corrected chi connectivity index (χ2v) is 6.87. The van der Waals surface area contributed by atoms with E-state index in [9.17, 15) is 4.79 Å². The molecule has 1 N–H and O–H groups in total. The molecule has 3 rings (SSSR count). The molecule has 1 spiro atoms. The van der Waals surface area contributed by atoms with Crippen molar-refractivity contribution in [2.75, 3.05) is 32.8 Å². The number of halogens is 2. The minimum atomic E-state index is 0. The van der Waals surface area contributed by atoms with E-state index in [1.165, 1.54) is 6.42 Å². The highest BCUT2D eigenvalue weighted by molar-refractivity contribution is 6.31. The van der Waals surface area contributed by atoms with E-state index in [1.54, 1.807) is 0 Å². The van der Waals surface area contributed by atoms with Gasteiger partial charge in [-0.1, -0.05) is 17.7 Å². The third-order valence-corrected chi connectivity index (χ3v) is 5.49. The molecule has 1 amide bonds. The Hall–Kier alpha value is -0.970. The van der Waals surface area contributed by atoms with Crippen LogP contribution in [0.1, 0.15) is 24.8 Å². The van der Waals surface area contributed by atoms with Crippen LogP contribution >= 0.6 is 24.0 Å². The Kier molecular flexibility index (Phi) is 6.18. The van der Waals surface area contributed by atoms with Gasteiger partial charge in [0.05, 0.1) is 0 Å². The monoisotopic (exact) mass is 358 g/mol. The Bertz CT molecular complexity index is 550. The SMILES string of the molecule is Cc1c(Cl)cccc1OCC(=O)N1CCC2(CCNC2)CC1.Cl. The predicted octanol–water partition coefficient (Wildman–Crippen LogP) is 3.05. The second-order valence-electron chi connectivity index (χ2n) is 6.46. The van der Waals surface area contributed by atoms with E-state index in [2.05, 4.69) is 5.32 Å². The van der Waals surface area contributed by atoms with Crippen LogP contribution in [0.2, 0.25) is 5.02 Å². The molecule has 0 bridgehead atoms. The first-order valence-electron chi connectivity index (χ1n) is 7.96. The molecule has 2 heterocycles. The Labute approximate surface area is 148 Å². The number of piperidine rings is 1. The summed E-state index contributed by atoms with van der Waals surface area (Å²) in [6.45, 7) is 5.90. The van der Waals surface area contributed by atoms with Crippen molar-refractivity contribution in [3.05, 3.63) is 28.8 Å². The molecule has 4 nitrogen and oxygen atoms in total. The molecule has 23 heavy (non-hydrogen) atoms. The van der Waals surface area contributed by atoms with Crippen LogP contribution in [0.3, 0.4) is 0 Å². The minimum absolute atomic E-state index is 0. The number of carbonyl (C=O) groups excluding carboxylic acids is 1. The third-order valence-electron chi connectivity index (χ3n) is 5.08. The summed E-state index contributed by atoms with van der Waals surface area (Å²) in [5.74, 6) is 0.759. The van der Waals surface area contributed by atoms with Crippen molar-refractivity contribution in [1.29, 1.82) is 0 Å². The first-order valence-corrected chi connectivity index (χ1v) is 8.34. The Balaban J connectivity index is 0.00000192. The van der Waals surface area contributed by atoms with Gasteiger partial charge in [0.2, 0.25) is 0 Å². The smallest absolute Gasteiger partial charge is 0.260 e. The van der Waals surface area contributed by atoms with Crippen LogP contribution in [0.25, 0.3) is 0 Å². The van der Waals surface area contributed by atoms with Crippen molar-refractivity contribution < 1.29 is 9.53 Å². The van der Waals surface area contributed by atoms with Crippen molar-refractivity contribution in [2.45, 2.75) is 26.2 Å². The minimum Gasteiger partial charge on any atom is -0.483 e. The second kappa shape index (κ2) is 7.73. The van der Waals surface area contributed by atoms with Crippen molar-refractivity contribution in [3.8, 4) is 5.75 Å². The fraction of sp³-hybridized carbons (Fsp3) is 0.588. The highest BCUT2D eigenvalue weighted by Crippen LogP contribution is 2.36. The largest absolute Gasteiger partial charge is 0.483 e. The molecule has 0 aliphatic carbocycles. The van der Waals surface area contributed by atoms with Crippen LogP contribution in [-0.4, -0.2) is 43.6 Å². The molecule has 2 aliphatic heterocycles. The zero-order valence-electron chi connectivity index (χ0n) is 13.4. The number of hydrogen-bond acceptors (Lipinski definition) is 3. The Morgan fingerprint density at radius 2 is 2.09 bits per heavy atom. The molecule has 1 aromatic carbocycles. The van der Waals surface area contributed by atoms with E-state index in [0.29, 0.717) is 16.2 Å². The van der Waals surface area contributed by atoms with E-state index >= 15 is 0 Å². The van der Waals surface area contributed by atoms with E-state index in [-0.39, 0.29) is 24.9 Å². The van der Waals surface area contributed by atoms with Crippen LogP contribution in [0.15, 0.2) is 18.2 Å². The maximum atomic E-state index is 12.3. The lowest BCUT2D eigenvalue weighted by Gasteiger charge is -2.38. The summed E-state index contributed by atoms with van der Waals surface area (Å²) in [6, 6.07) is 5.52. The van der Waals surface area contributed by atoms with Gasteiger partial charge in [0.25, 0.3) is 5.91 Å². The fourth-order valence-electron chi connectivity index (χ4n) is 3.43.